The van der Waals surface area contributed by atoms with E-state index < -0.39 is 0 Å². The number of nitrogen functional groups attached to an aromatic ring is 1. The number of nitrogens with two attached hydrogens (primary N) is 1. The van der Waals surface area contributed by atoms with Crippen LogP contribution >= 0.6 is 0 Å². The van der Waals surface area contributed by atoms with Crippen LogP contribution in [0.2, 0.25) is 0 Å². The van der Waals surface area contributed by atoms with Crippen LogP contribution in [0.1, 0.15) is 27.7 Å². The molecule has 2 aromatic rings. The van der Waals surface area contributed by atoms with Gasteiger partial charge in [0.2, 0.25) is 0 Å². The smallest absolute Gasteiger partial charge is 0.0568 e. The lowest BCUT2D eigenvalue weighted by atomic mass is 10.1. The molecule has 2 N–H and O–H groups in total. The summed E-state index contributed by atoms with van der Waals surface area (Å²) in [5, 5.41) is 4.07. The maximum Gasteiger partial charge on any atom is 0.0568 e. The van der Waals surface area contributed by atoms with Crippen molar-refractivity contribution in [1.82, 2.24) is 14.8 Å². The molecule has 0 amide bonds. The molecule has 0 aliphatic heterocycles. The summed E-state index contributed by atoms with van der Waals surface area (Å²) in [5.41, 5.74) is 8.30. The minimum Gasteiger partial charge on any atom is -0.397 e. The fourth-order valence-electron chi connectivity index (χ4n) is 1.19. The van der Waals surface area contributed by atoms with Crippen molar-refractivity contribution in [2.75, 3.05) is 5.73 Å². The van der Waals surface area contributed by atoms with Crippen LogP contribution in [0.4, 0.5) is 5.69 Å². The van der Waals surface area contributed by atoms with Crippen molar-refractivity contribution in [3.8, 4) is 11.1 Å². The molecule has 0 saturated heterocycles. The Balaban J connectivity index is 0.000000581. The van der Waals surface area contributed by atoms with Gasteiger partial charge in [-0.1, -0.05) is 27.7 Å². The van der Waals surface area contributed by atoms with E-state index in [1.165, 1.54) is 0 Å². The first kappa shape index (κ1) is 15.2. The lowest BCUT2D eigenvalue weighted by molar-refractivity contribution is 0.768. The molecule has 4 nitrogen and oxygen atoms in total. The molecule has 0 aromatic carbocycles. The highest BCUT2D eigenvalue weighted by molar-refractivity contribution is 5.64. The molecular formula is C13H22N4. The van der Waals surface area contributed by atoms with Crippen molar-refractivity contribution in [3.05, 3.63) is 30.9 Å². The molecule has 0 aliphatic carbocycles. The number of aryl methyl sites for hydroxylation is 1. The van der Waals surface area contributed by atoms with Gasteiger partial charge in [-0.15, -0.1) is 0 Å². The van der Waals surface area contributed by atoms with E-state index in [2.05, 4.69) is 10.1 Å². The van der Waals surface area contributed by atoms with Gasteiger partial charge in [0.25, 0.3) is 0 Å². The summed E-state index contributed by atoms with van der Waals surface area (Å²) in [6.07, 6.45) is 7.11. The highest BCUT2D eigenvalue weighted by atomic mass is 15.2. The third-order valence-electron chi connectivity index (χ3n) is 1.80. The summed E-state index contributed by atoms with van der Waals surface area (Å²) in [6, 6.07) is 1.88. The highest BCUT2D eigenvalue weighted by Crippen LogP contribution is 2.18. The molecular weight excluding hydrogens is 212 g/mol. The predicted molar refractivity (Wildman–Crippen MR) is 73.5 cm³/mol. The summed E-state index contributed by atoms with van der Waals surface area (Å²) >= 11 is 0. The van der Waals surface area contributed by atoms with Crippen LogP contribution in [0.15, 0.2) is 30.9 Å². The number of nitrogens with zero attached hydrogens (tertiary/aromatic N) is 3. The van der Waals surface area contributed by atoms with Crippen molar-refractivity contribution in [2.45, 2.75) is 27.7 Å². The normalized spacial score (nSPS) is 8.53. The van der Waals surface area contributed by atoms with Gasteiger partial charge >= 0.3 is 0 Å². The first-order valence-corrected chi connectivity index (χ1v) is 5.95. The molecule has 0 atom stereocenters. The molecule has 2 heterocycles. The van der Waals surface area contributed by atoms with Gasteiger partial charge in [0.15, 0.2) is 0 Å². The number of anilines is 1. The van der Waals surface area contributed by atoms with E-state index in [0.717, 1.165) is 11.1 Å². The Kier molecular flexibility index (Phi) is 7.43. The Labute approximate surface area is 103 Å². The third-order valence-corrected chi connectivity index (χ3v) is 1.80. The number of rotatable bonds is 1. The number of aromatic nitrogens is 3. The molecule has 4 heteroatoms. The Morgan fingerprint density at radius 1 is 1.00 bits per heavy atom. The summed E-state index contributed by atoms with van der Waals surface area (Å²) in [7, 11) is 1.88. The second kappa shape index (κ2) is 8.33. The molecule has 94 valence electrons. The van der Waals surface area contributed by atoms with E-state index >= 15 is 0 Å². The number of hydrogen-bond acceptors (Lipinski definition) is 3. The van der Waals surface area contributed by atoms with Crippen LogP contribution in [0.3, 0.4) is 0 Å². The van der Waals surface area contributed by atoms with Gasteiger partial charge in [0.1, 0.15) is 0 Å². The fourth-order valence-corrected chi connectivity index (χ4v) is 1.19. The molecule has 2 aromatic heterocycles. The zero-order valence-electron chi connectivity index (χ0n) is 11.3. The van der Waals surface area contributed by atoms with E-state index in [0.29, 0.717) is 5.69 Å². The Morgan fingerprint density at radius 2 is 1.65 bits per heavy atom. The summed E-state index contributed by atoms with van der Waals surface area (Å²) in [5.74, 6) is 0. The van der Waals surface area contributed by atoms with Crippen LogP contribution in [0.25, 0.3) is 11.1 Å². The van der Waals surface area contributed by atoms with Gasteiger partial charge in [-0.25, -0.2) is 0 Å². The van der Waals surface area contributed by atoms with Crippen LogP contribution in [0, 0.1) is 0 Å². The second-order valence-corrected chi connectivity index (χ2v) is 2.91. The van der Waals surface area contributed by atoms with Crippen LogP contribution in [0.5, 0.6) is 0 Å². The molecule has 17 heavy (non-hydrogen) atoms. The number of pyridine rings is 1. The van der Waals surface area contributed by atoms with E-state index in [-0.39, 0.29) is 0 Å². The van der Waals surface area contributed by atoms with Gasteiger partial charge in [-0.3, -0.25) is 9.67 Å². The van der Waals surface area contributed by atoms with Crippen molar-refractivity contribution in [2.24, 2.45) is 7.05 Å². The van der Waals surface area contributed by atoms with Gasteiger partial charge in [-0.2, -0.15) is 5.10 Å². The van der Waals surface area contributed by atoms with Crippen molar-refractivity contribution >= 4 is 5.69 Å². The zero-order chi connectivity index (χ0) is 13.3. The lowest BCUT2D eigenvalue weighted by Crippen LogP contribution is -1.87. The van der Waals surface area contributed by atoms with Gasteiger partial charge < -0.3 is 5.73 Å². The average molecular weight is 234 g/mol. The minimum absolute atomic E-state index is 0.668. The lowest BCUT2D eigenvalue weighted by Gasteiger charge is -1.96. The first-order valence-electron chi connectivity index (χ1n) is 5.95. The van der Waals surface area contributed by atoms with E-state index in [9.17, 15) is 0 Å². The summed E-state index contributed by atoms with van der Waals surface area (Å²) in [4.78, 5) is 4.01. The maximum absolute atomic E-state index is 5.61. The van der Waals surface area contributed by atoms with Crippen LogP contribution in [-0.4, -0.2) is 14.8 Å². The Hall–Kier alpha value is -1.84. The topological polar surface area (TPSA) is 56.7 Å². The highest BCUT2D eigenvalue weighted by Gasteiger charge is 2.00. The van der Waals surface area contributed by atoms with Crippen molar-refractivity contribution in [3.63, 3.8) is 0 Å². The molecule has 0 radical (unpaired) electrons. The predicted octanol–water partition coefficient (Wildman–Crippen LogP) is 3.12. The molecule has 2 rings (SSSR count). The van der Waals surface area contributed by atoms with Crippen molar-refractivity contribution < 1.29 is 0 Å². The van der Waals surface area contributed by atoms with Crippen LogP contribution in [-0.2, 0) is 7.05 Å². The number of hydrogen-bond donors (Lipinski definition) is 1. The Bertz CT molecular complexity index is 421. The van der Waals surface area contributed by atoms with E-state index in [4.69, 9.17) is 5.73 Å². The summed E-state index contributed by atoms with van der Waals surface area (Å²) in [6.45, 7) is 8.00. The van der Waals surface area contributed by atoms with Gasteiger partial charge in [0.05, 0.1) is 11.9 Å². The molecule has 0 fully saturated rings. The van der Waals surface area contributed by atoms with Gasteiger partial charge in [-0.05, 0) is 6.07 Å². The summed E-state index contributed by atoms with van der Waals surface area (Å²) < 4.78 is 1.75. The monoisotopic (exact) mass is 234 g/mol. The fraction of sp³-hybridized carbons (Fsp3) is 0.385. The third kappa shape index (κ3) is 4.68. The minimum atomic E-state index is 0.668. The molecule has 0 bridgehead atoms. The average Bonchev–Trinajstić information content (AvgIpc) is 2.81. The molecule has 0 unspecified atom stereocenters. The largest absolute Gasteiger partial charge is 0.397 e. The standard InChI is InChI=1S/C9H10N4.2C2H6/c1-13-6-8(4-12-13)7-2-9(10)5-11-3-7;2*1-2/h2-6H,10H2,1H3;2*1-2H3. The molecule has 0 spiro atoms. The Morgan fingerprint density at radius 3 is 2.12 bits per heavy atom. The maximum atomic E-state index is 5.61. The van der Waals surface area contributed by atoms with Crippen LogP contribution < -0.4 is 5.73 Å². The van der Waals surface area contributed by atoms with Gasteiger partial charge in [0, 0.05) is 36.8 Å². The van der Waals surface area contributed by atoms with E-state index in [1.807, 2.05) is 47.0 Å². The molecule has 0 aliphatic rings. The van der Waals surface area contributed by atoms with E-state index in [1.54, 1.807) is 23.3 Å². The zero-order valence-corrected chi connectivity index (χ0v) is 11.3. The van der Waals surface area contributed by atoms with Crippen molar-refractivity contribution in [1.29, 1.82) is 0 Å². The SMILES string of the molecule is CC.CC.Cn1cc(-c2cncc(N)c2)cn1. The molecule has 0 saturated carbocycles. The first-order chi connectivity index (χ1) is 8.25. The second-order valence-electron chi connectivity index (χ2n) is 2.91. The quantitative estimate of drug-likeness (QED) is 0.824.